The standard InChI is InChI=1S/C21H30N2O9S2/c1-30-15-16-6-3-10-23(16)34(28,29)17-7-8-19-18(14-17)20(24)21(25)22(19)9-4-11-31-12-5-13-32-33(2,26)27/h7-8,14,16H,3-6,9-13,15H2,1-2H3/t16-/m0/s1. The van der Waals surface area contributed by atoms with Gasteiger partial charge in [0.2, 0.25) is 10.0 Å². The Morgan fingerprint density at radius 3 is 2.50 bits per heavy atom. The molecule has 0 spiro atoms. The molecule has 1 saturated heterocycles. The van der Waals surface area contributed by atoms with E-state index in [0.717, 1.165) is 12.7 Å². The smallest absolute Gasteiger partial charge is 0.299 e. The van der Waals surface area contributed by atoms with Crippen molar-refractivity contribution in [2.75, 3.05) is 57.8 Å². The SMILES string of the molecule is COC[C@@H]1CCCN1S(=O)(=O)c1ccc2c(c1)C(=O)C(=O)N2CCCOCCCOS(C)(=O)=O. The maximum absolute atomic E-state index is 13.2. The largest absolute Gasteiger partial charge is 0.383 e. The van der Waals surface area contributed by atoms with Crippen LogP contribution in [0, 0.1) is 0 Å². The van der Waals surface area contributed by atoms with E-state index in [2.05, 4.69) is 4.18 Å². The summed E-state index contributed by atoms with van der Waals surface area (Å²) < 4.78 is 64.7. The Balaban J connectivity index is 1.59. The van der Waals surface area contributed by atoms with Crippen molar-refractivity contribution >= 4 is 37.5 Å². The molecule has 0 aliphatic carbocycles. The molecular weight excluding hydrogens is 488 g/mol. The lowest BCUT2D eigenvalue weighted by Crippen LogP contribution is -2.38. The van der Waals surface area contributed by atoms with Crippen molar-refractivity contribution in [3.63, 3.8) is 0 Å². The Bertz CT molecular complexity index is 1120. The molecule has 1 atom stereocenters. The summed E-state index contributed by atoms with van der Waals surface area (Å²) in [5, 5.41) is 0. The summed E-state index contributed by atoms with van der Waals surface area (Å²) in [5.74, 6) is -1.44. The molecule has 1 aromatic rings. The topological polar surface area (TPSA) is 137 Å². The first-order valence-corrected chi connectivity index (χ1v) is 14.2. The van der Waals surface area contributed by atoms with Gasteiger partial charge in [0.1, 0.15) is 0 Å². The zero-order chi connectivity index (χ0) is 24.9. The van der Waals surface area contributed by atoms with E-state index >= 15 is 0 Å². The average Bonchev–Trinajstić information content (AvgIpc) is 3.34. The number of carbonyl (C=O) groups excluding carboxylic acids is 2. The highest BCUT2D eigenvalue weighted by Gasteiger charge is 2.39. The first-order valence-electron chi connectivity index (χ1n) is 11.0. The molecule has 1 fully saturated rings. The molecule has 1 aromatic carbocycles. The van der Waals surface area contributed by atoms with E-state index < -0.39 is 31.8 Å². The van der Waals surface area contributed by atoms with Crippen molar-refractivity contribution in [3.8, 4) is 0 Å². The number of fused-ring (bicyclic) bond motifs is 1. The Labute approximate surface area is 200 Å². The number of rotatable bonds is 13. The van der Waals surface area contributed by atoms with E-state index in [-0.39, 0.29) is 29.7 Å². The van der Waals surface area contributed by atoms with E-state index in [1.807, 2.05) is 0 Å². The first-order chi connectivity index (χ1) is 16.1. The molecule has 2 aliphatic rings. The molecule has 2 heterocycles. The molecule has 0 N–H and O–H groups in total. The number of sulfonamides is 1. The van der Waals surface area contributed by atoms with Gasteiger partial charge in [-0.15, -0.1) is 0 Å². The van der Waals surface area contributed by atoms with Gasteiger partial charge < -0.3 is 14.4 Å². The fraction of sp³-hybridized carbons (Fsp3) is 0.619. The van der Waals surface area contributed by atoms with Crippen LogP contribution in [-0.2, 0) is 38.6 Å². The number of anilines is 1. The summed E-state index contributed by atoms with van der Waals surface area (Å²) in [5.41, 5.74) is 0.456. The second-order valence-electron chi connectivity index (χ2n) is 8.18. The van der Waals surface area contributed by atoms with Crippen molar-refractivity contribution < 1.29 is 40.1 Å². The van der Waals surface area contributed by atoms with Crippen LogP contribution in [0.15, 0.2) is 23.1 Å². The second kappa shape index (κ2) is 11.2. The number of ether oxygens (including phenoxy) is 2. The van der Waals surface area contributed by atoms with Crippen LogP contribution in [-0.4, -0.2) is 91.8 Å². The lowest BCUT2D eigenvalue weighted by molar-refractivity contribution is -0.114. The van der Waals surface area contributed by atoms with Crippen molar-refractivity contribution in [1.29, 1.82) is 0 Å². The Morgan fingerprint density at radius 2 is 1.79 bits per heavy atom. The zero-order valence-corrected chi connectivity index (χ0v) is 20.9. The number of ketones is 1. The number of amides is 1. The van der Waals surface area contributed by atoms with Crippen molar-refractivity contribution in [2.24, 2.45) is 0 Å². The molecule has 0 saturated carbocycles. The number of benzene rings is 1. The van der Waals surface area contributed by atoms with Gasteiger partial charge in [0.05, 0.1) is 35.6 Å². The molecule has 0 radical (unpaired) electrons. The third kappa shape index (κ3) is 6.20. The summed E-state index contributed by atoms with van der Waals surface area (Å²) >= 11 is 0. The zero-order valence-electron chi connectivity index (χ0n) is 19.3. The van der Waals surface area contributed by atoms with Gasteiger partial charge in [-0.3, -0.25) is 13.8 Å². The van der Waals surface area contributed by atoms with Gasteiger partial charge >= 0.3 is 0 Å². The highest BCUT2D eigenvalue weighted by molar-refractivity contribution is 7.89. The van der Waals surface area contributed by atoms with Gasteiger partial charge in [-0.05, 0) is 43.9 Å². The number of hydrogen-bond donors (Lipinski definition) is 0. The molecule has 3 rings (SSSR count). The summed E-state index contributed by atoms with van der Waals surface area (Å²) in [7, 11) is -5.78. The molecule has 13 heteroatoms. The average molecular weight is 519 g/mol. The summed E-state index contributed by atoms with van der Waals surface area (Å²) in [6, 6.07) is 3.95. The Morgan fingerprint density at radius 1 is 1.06 bits per heavy atom. The number of carbonyl (C=O) groups is 2. The van der Waals surface area contributed by atoms with Gasteiger partial charge in [0.15, 0.2) is 0 Å². The highest BCUT2D eigenvalue weighted by atomic mass is 32.2. The quantitative estimate of drug-likeness (QED) is 0.211. The normalized spacial score (nSPS) is 19.2. The van der Waals surface area contributed by atoms with E-state index in [0.29, 0.717) is 51.3 Å². The van der Waals surface area contributed by atoms with Crippen LogP contribution >= 0.6 is 0 Å². The predicted octanol–water partition coefficient (Wildman–Crippen LogP) is 0.788. The molecule has 0 bridgehead atoms. The van der Waals surface area contributed by atoms with Crippen LogP contribution in [0.1, 0.15) is 36.0 Å². The minimum absolute atomic E-state index is 0.0168. The summed E-state index contributed by atoms with van der Waals surface area (Å²) in [4.78, 5) is 26.4. The molecule has 34 heavy (non-hydrogen) atoms. The Hall–Kier alpha value is -1.90. The van der Waals surface area contributed by atoms with Gasteiger partial charge in [-0.25, -0.2) is 8.42 Å². The summed E-state index contributed by atoms with van der Waals surface area (Å²) in [6.07, 6.45) is 3.25. The molecular formula is C21H30N2O9S2. The fourth-order valence-corrected chi connectivity index (χ4v) is 6.21. The number of hydrogen-bond acceptors (Lipinski definition) is 9. The third-order valence-electron chi connectivity index (χ3n) is 5.63. The van der Waals surface area contributed by atoms with E-state index in [1.165, 1.54) is 34.5 Å². The van der Waals surface area contributed by atoms with Crippen molar-refractivity contribution in [2.45, 2.75) is 36.6 Å². The van der Waals surface area contributed by atoms with Gasteiger partial charge in [0, 0.05) is 39.5 Å². The summed E-state index contributed by atoms with van der Waals surface area (Å²) in [6.45, 7) is 1.52. The lowest BCUT2D eigenvalue weighted by Gasteiger charge is -2.24. The maximum Gasteiger partial charge on any atom is 0.299 e. The third-order valence-corrected chi connectivity index (χ3v) is 8.18. The van der Waals surface area contributed by atoms with E-state index in [9.17, 15) is 26.4 Å². The van der Waals surface area contributed by atoms with Crippen LogP contribution in [0.3, 0.4) is 0 Å². The lowest BCUT2D eigenvalue weighted by atomic mass is 10.1. The highest BCUT2D eigenvalue weighted by Crippen LogP contribution is 2.33. The first kappa shape index (κ1) is 26.7. The molecule has 11 nitrogen and oxygen atoms in total. The predicted molar refractivity (Wildman–Crippen MR) is 123 cm³/mol. The van der Waals surface area contributed by atoms with Gasteiger partial charge in [-0.1, -0.05) is 0 Å². The Kier molecular flexibility index (Phi) is 8.82. The monoisotopic (exact) mass is 518 g/mol. The second-order valence-corrected chi connectivity index (χ2v) is 11.7. The van der Waals surface area contributed by atoms with Gasteiger partial charge in [-0.2, -0.15) is 12.7 Å². The van der Waals surface area contributed by atoms with E-state index in [4.69, 9.17) is 9.47 Å². The molecule has 2 aliphatic heterocycles. The maximum atomic E-state index is 13.2. The number of methoxy groups -OCH3 is 1. The fourth-order valence-electron chi connectivity index (χ4n) is 4.08. The van der Waals surface area contributed by atoms with Crippen LogP contribution in [0.25, 0.3) is 0 Å². The molecule has 0 aromatic heterocycles. The molecule has 0 unspecified atom stereocenters. The van der Waals surface area contributed by atoms with E-state index in [1.54, 1.807) is 0 Å². The van der Waals surface area contributed by atoms with Crippen LogP contribution in [0.5, 0.6) is 0 Å². The van der Waals surface area contributed by atoms with Gasteiger partial charge in [0.25, 0.3) is 21.8 Å². The minimum atomic E-state index is -3.83. The van der Waals surface area contributed by atoms with Crippen molar-refractivity contribution in [3.05, 3.63) is 23.8 Å². The van der Waals surface area contributed by atoms with Crippen LogP contribution in [0.4, 0.5) is 5.69 Å². The van der Waals surface area contributed by atoms with Crippen molar-refractivity contribution in [1.82, 2.24) is 4.31 Å². The van der Waals surface area contributed by atoms with Crippen LogP contribution in [0.2, 0.25) is 0 Å². The molecule has 1 amide bonds. The van der Waals surface area contributed by atoms with Crippen LogP contribution < -0.4 is 4.90 Å². The molecule has 190 valence electrons. The minimum Gasteiger partial charge on any atom is -0.383 e. The number of nitrogens with zero attached hydrogens (tertiary/aromatic N) is 2. The number of Topliss-reactive ketones (excluding diaryl/α,β-unsaturated/α-hetero) is 1.